The molecule has 0 unspecified atom stereocenters. The van der Waals surface area contributed by atoms with E-state index in [-0.39, 0.29) is 12.7 Å². The van der Waals surface area contributed by atoms with E-state index in [1.807, 2.05) is 23.1 Å². The van der Waals surface area contributed by atoms with Gasteiger partial charge in [-0.3, -0.25) is 4.79 Å². The highest BCUT2D eigenvalue weighted by Gasteiger charge is 2.27. The molecule has 4 rings (SSSR count). The summed E-state index contributed by atoms with van der Waals surface area (Å²) in [5.41, 5.74) is 2.09. The Kier molecular flexibility index (Phi) is 3.54. The minimum atomic E-state index is 0.0365. The van der Waals surface area contributed by atoms with Crippen molar-refractivity contribution in [2.24, 2.45) is 0 Å². The van der Waals surface area contributed by atoms with E-state index in [1.54, 1.807) is 24.7 Å². The fourth-order valence-corrected chi connectivity index (χ4v) is 3.04. The Morgan fingerprint density at radius 1 is 1.22 bits per heavy atom. The van der Waals surface area contributed by atoms with Crippen LogP contribution in [0.2, 0.25) is 0 Å². The molecular formula is C18H17NO4. The van der Waals surface area contributed by atoms with Crippen LogP contribution in [0.4, 0.5) is 0 Å². The van der Waals surface area contributed by atoms with Gasteiger partial charge in [0.2, 0.25) is 12.7 Å². The number of furan rings is 1. The summed E-state index contributed by atoms with van der Waals surface area (Å²) < 4.78 is 15.8. The topological polar surface area (TPSA) is 51.9 Å². The smallest absolute Gasteiger partial charge is 0.246 e. The van der Waals surface area contributed by atoms with Crippen molar-refractivity contribution in [2.45, 2.75) is 12.3 Å². The Bertz CT molecular complexity index is 735. The average Bonchev–Trinajstić information content (AvgIpc) is 3.32. The summed E-state index contributed by atoms with van der Waals surface area (Å²) in [6, 6.07) is 7.86. The third kappa shape index (κ3) is 2.82. The van der Waals surface area contributed by atoms with Gasteiger partial charge in [0, 0.05) is 30.6 Å². The number of amides is 1. The van der Waals surface area contributed by atoms with Gasteiger partial charge in [-0.1, -0.05) is 6.07 Å². The summed E-state index contributed by atoms with van der Waals surface area (Å²) in [4.78, 5) is 14.1. The summed E-state index contributed by atoms with van der Waals surface area (Å²) in [6.07, 6.45) is 7.55. The zero-order chi connectivity index (χ0) is 15.6. The van der Waals surface area contributed by atoms with E-state index < -0.39 is 0 Å². The van der Waals surface area contributed by atoms with E-state index in [0.717, 1.165) is 36.6 Å². The second-order valence-corrected chi connectivity index (χ2v) is 5.77. The molecule has 2 aromatic rings. The van der Waals surface area contributed by atoms with Crippen LogP contribution < -0.4 is 9.47 Å². The lowest BCUT2D eigenvalue weighted by Gasteiger charge is -2.15. The lowest BCUT2D eigenvalue weighted by atomic mass is 9.98. The molecule has 2 aliphatic rings. The van der Waals surface area contributed by atoms with E-state index in [1.165, 1.54) is 5.56 Å². The highest BCUT2D eigenvalue weighted by Crippen LogP contribution is 2.37. The predicted octanol–water partition coefficient (Wildman–Crippen LogP) is 3.04. The maximum Gasteiger partial charge on any atom is 0.246 e. The number of hydrogen-bond donors (Lipinski definition) is 0. The highest BCUT2D eigenvalue weighted by atomic mass is 16.7. The maximum atomic E-state index is 12.3. The van der Waals surface area contributed by atoms with Crippen molar-refractivity contribution in [3.8, 4) is 11.5 Å². The molecule has 2 aliphatic heterocycles. The second-order valence-electron chi connectivity index (χ2n) is 5.77. The summed E-state index contributed by atoms with van der Waals surface area (Å²) >= 11 is 0. The van der Waals surface area contributed by atoms with Crippen LogP contribution in [0.25, 0.3) is 6.08 Å². The number of hydrogen-bond acceptors (Lipinski definition) is 4. The first-order valence-corrected chi connectivity index (χ1v) is 7.68. The minimum absolute atomic E-state index is 0.0365. The van der Waals surface area contributed by atoms with Gasteiger partial charge in [0.05, 0.1) is 12.5 Å². The Morgan fingerprint density at radius 2 is 2.13 bits per heavy atom. The first-order valence-electron chi connectivity index (χ1n) is 7.68. The third-order valence-electron chi connectivity index (χ3n) is 4.33. The minimum Gasteiger partial charge on any atom is -0.472 e. The Hall–Kier alpha value is -2.69. The van der Waals surface area contributed by atoms with E-state index in [4.69, 9.17) is 13.9 Å². The number of ether oxygens (including phenoxy) is 2. The monoisotopic (exact) mass is 311 g/mol. The molecule has 1 amide bonds. The first-order chi connectivity index (χ1) is 11.3. The van der Waals surface area contributed by atoms with Gasteiger partial charge < -0.3 is 18.8 Å². The number of carbonyl (C=O) groups excluding carboxylic acids is 1. The van der Waals surface area contributed by atoms with Gasteiger partial charge in [0.25, 0.3) is 0 Å². The van der Waals surface area contributed by atoms with Gasteiger partial charge in [-0.05, 0) is 36.3 Å². The zero-order valence-electron chi connectivity index (χ0n) is 12.6. The Morgan fingerprint density at radius 3 is 3.00 bits per heavy atom. The van der Waals surface area contributed by atoms with Crippen molar-refractivity contribution in [3.05, 3.63) is 54.0 Å². The summed E-state index contributed by atoms with van der Waals surface area (Å²) in [5, 5.41) is 0. The van der Waals surface area contributed by atoms with E-state index in [9.17, 15) is 4.79 Å². The molecule has 0 radical (unpaired) electrons. The van der Waals surface area contributed by atoms with Gasteiger partial charge in [-0.2, -0.15) is 0 Å². The molecule has 5 nitrogen and oxygen atoms in total. The third-order valence-corrected chi connectivity index (χ3v) is 4.33. The number of carbonyl (C=O) groups is 1. The molecule has 1 atom stereocenters. The highest BCUT2D eigenvalue weighted by molar-refractivity contribution is 5.92. The molecular weight excluding hydrogens is 294 g/mol. The number of likely N-dealkylation sites (tertiary alicyclic amines) is 1. The molecule has 1 aromatic heterocycles. The first kappa shape index (κ1) is 13.9. The van der Waals surface area contributed by atoms with Gasteiger partial charge in [0.1, 0.15) is 0 Å². The van der Waals surface area contributed by atoms with E-state index >= 15 is 0 Å². The van der Waals surface area contributed by atoms with Crippen molar-refractivity contribution in [1.82, 2.24) is 4.90 Å². The fourth-order valence-electron chi connectivity index (χ4n) is 3.04. The number of benzene rings is 1. The molecule has 5 heteroatoms. The molecule has 23 heavy (non-hydrogen) atoms. The Labute approximate surface area is 134 Å². The van der Waals surface area contributed by atoms with Gasteiger partial charge in [-0.25, -0.2) is 0 Å². The number of rotatable bonds is 3. The van der Waals surface area contributed by atoms with Crippen LogP contribution in [-0.4, -0.2) is 30.7 Å². The van der Waals surface area contributed by atoms with E-state index in [2.05, 4.69) is 6.07 Å². The summed E-state index contributed by atoms with van der Waals surface area (Å²) in [6.45, 7) is 1.79. The lowest BCUT2D eigenvalue weighted by Crippen LogP contribution is -2.26. The molecule has 0 saturated carbocycles. The molecule has 118 valence electrons. The fraction of sp³-hybridized carbons (Fsp3) is 0.278. The van der Waals surface area contributed by atoms with E-state index in [0.29, 0.717) is 5.92 Å². The summed E-state index contributed by atoms with van der Waals surface area (Å²) in [5.74, 6) is 1.97. The lowest BCUT2D eigenvalue weighted by molar-refractivity contribution is -0.124. The van der Waals surface area contributed by atoms with Gasteiger partial charge in [0.15, 0.2) is 11.5 Å². The number of nitrogens with zero attached hydrogens (tertiary/aromatic N) is 1. The molecule has 0 N–H and O–H groups in total. The van der Waals surface area contributed by atoms with Crippen LogP contribution >= 0.6 is 0 Å². The van der Waals surface area contributed by atoms with Gasteiger partial charge in [-0.15, -0.1) is 0 Å². The SMILES string of the molecule is O=C(/C=C/c1ccoc1)N1CC[C@@H](c2ccc3c(c2)OCO3)C1. The second kappa shape index (κ2) is 5.83. The largest absolute Gasteiger partial charge is 0.472 e. The standard InChI is InChI=1S/C18H17NO4/c20-18(4-1-13-6-8-21-11-13)19-7-5-15(10-19)14-2-3-16-17(9-14)23-12-22-16/h1-4,6,8-9,11,15H,5,7,10,12H2/b4-1+/t15-/m1/s1. The van der Waals surface area contributed by atoms with Gasteiger partial charge >= 0.3 is 0 Å². The van der Waals surface area contributed by atoms with Crippen LogP contribution in [0.1, 0.15) is 23.5 Å². The quantitative estimate of drug-likeness (QED) is 0.818. The van der Waals surface area contributed by atoms with Crippen LogP contribution in [0.5, 0.6) is 11.5 Å². The zero-order valence-corrected chi connectivity index (χ0v) is 12.6. The summed E-state index contributed by atoms with van der Waals surface area (Å²) in [7, 11) is 0. The Balaban J connectivity index is 1.41. The molecule has 0 aliphatic carbocycles. The van der Waals surface area contributed by atoms with Crippen molar-refractivity contribution < 1.29 is 18.7 Å². The van der Waals surface area contributed by atoms with Crippen molar-refractivity contribution in [2.75, 3.05) is 19.9 Å². The van der Waals surface area contributed by atoms with Crippen molar-refractivity contribution in [1.29, 1.82) is 0 Å². The molecule has 0 bridgehead atoms. The molecule has 1 aromatic carbocycles. The maximum absolute atomic E-state index is 12.3. The molecule has 0 spiro atoms. The number of fused-ring (bicyclic) bond motifs is 1. The molecule has 1 saturated heterocycles. The predicted molar refractivity (Wildman–Crippen MR) is 84.2 cm³/mol. The van der Waals surface area contributed by atoms with Crippen molar-refractivity contribution >= 4 is 12.0 Å². The normalized spacial score (nSPS) is 19.7. The average molecular weight is 311 g/mol. The van der Waals surface area contributed by atoms with Crippen LogP contribution in [0.3, 0.4) is 0 Å². The van der Waals surface area contributed by atoms with Crippen LogP contribution in [-0.2, 0) is 4.79 Å². The van der Waals surface area contributed by atoms with Crippen molar-refractivity contribution in [3.63, 3.8) is 0 Å². The molecule has 3 heterocycles. The van der Waals surface area contributed by atoms with Crippen LogP contribution in [0, 0.1) is 0 Å². The molecule has 1 fully saturated rings. The van der Waals surface area contributed by atoms with Crippen LogP contribution in [0.15, 0.2) is 47.3 Å².